The first-order valence-electron chi connectivity index (χ1n) is 4.63. The molecule has 14 heavy (non-hydrogen) atoms. The number of aromatic nitrogens is 1. The van der Waals surface area contributed by atoms with Gasteiger partial charge in [-0.3, -0.25) is 4.79 Å². The third-order valence-corrected chi connectivity index (χ3v) is 2.14. The average molecular weight is 196 g/mol. The van der Waals surface area contributed by atoms with E-state index >= 15 is 0 Å². The molecule has 4 nitrogen and oxygen atoms in total. The van der Waals surface area contributed by atoms with E-state index in [9.17, 15) is 9.90 Å². The molecular formula is C10H16N2O2. The molecule has 0 saturated heterocycles. The SMILES string of the molecule is Cc1ccc(CN)c(=O)n1CC(C)O. The van der Waals surface area contributed by atoms with Crippen molar-refractivity contribution in [1.29, 1.82) is 0 Å². The predicted molar refractivity (Wildman–Crippen MR) is 55.0 cm³/mol. The fourth-order valence-electron chi connectivity index (χ4n) is 1.36. The van der Waals surface area contributed by atoms with Crippen LogP contribution >= 0.6 is 0 Å². The summed E-state index contributed by atoms with van der Waals surface area (Å²) in [6, 6.07) is 3.57. The molecular weight excluding hydrogens is 180 g/mol. The largest absolute Gasteiger partial charge is 0.392 e. The van der Waals surface area contributed by atoms with E-state index < -0.39 is 6.10 Å². The Hall–Kier alpha value is -1.13. The highest BCUT2D eigenvalue weighted by Crippen LogP contribution is 1.99. The summed E-state index contributed by atoms with van der Waals surface area (Å²) in [5, 5.41) is 9.23. The van der Waals surface area contributed by atoms with Crippen LogP contribution in [0.25, 0.3) is 0 Å². The van der Waals surface area contributed by atoms with Gasteiger partial charge in [0.25, 0.3) is 5.56 Å². The van der Waals surface area contributed by atoms with E-state index in [1.54, 1.807) is 17.6 Å². The van der Waals surface area contributed by atoms with Crippen LogP contribution in [0.1, 0.15) is 18.2 Å². The molecule has 0 aliphatic heterocycles. The predicted octanol–water partition coefficient (Wildman–Crippen LogP) is -0.00378. The molecule has 1 aromatic heterocycles. The van der Waals surface area contributed by atoms with Crippen molar-refractivity contribution in [3.8, 4) is 0 Å². The highest BCUT2D eigenvalue weighted by Gasteiger charge is 2.06. The molecule has 0 spiro atoms. The van der Waals surface area contributed by atoms with E-state index in [1.165, 1.54) is 0 Å². The zero-order chi connectivity index (χ0) is 10.7. The molecule has 0 saturated carbocycles. The first kappa shape index (κ1) is 10.9. The van der Waals surface area contributed by atoms with Crippen molar-refractivity contribution in [2.75, 3.05) is 0 Å². The summed E-state index contributed by atoms with van der Waals surface area (Å²) in [6.07, 6.45) is -0.528. The molecule has 3 N–H and O–H groups in total. The Morgan fingerprint density at radius 2 is 2.21 bits per heavy atom. The van der Waals surface area contributed by atoms with E-state index in [4.69, 9.17) is 5.73 Å². The van der Waals surface area contributed by atoms with Gasteiger partial charge in [0.1, 0.15) is 0 Å². The van der Waals surface area contributed by atoms with Crippen LogP contribution in [0.4, 0.5) is 0 Å². The molecule has 78 valence electrons. The lowest BCUT2D eigenvalue weighted by molar-refractivity contribution is 0.171. The molecule has 4 heteroatoms. The smallest absolute Gasteiger partial charge is 0.255 e. The minimum absolute atomic E-state index is 0.103. The van der Waals surface area contributed by atoms with E-state index in [1.807, 2.05) is 13.0 Å². The maximum Gasteiger partial charge on any atom is 0.255 e. The Bertz CT molecular complexity index is 369. The van der Waals surface area contributed by atoms with Crippen LogP contribution in [0.5, 0.6) is 0 Å². The molecule has 0 aliphatic carbocycles. The molecule has 1 rings (SSSR count). The number of hydrogen-bond acceptors (Lipinski definition) is 3. The van der Waals surface area contributed by atoms with Gasteiger partial charge in [-0.25, -0.2) is 0 Å². The van der Waals surface area contributed by atoms with Crippen molar-refractivity contribution in [3.05, 3.63) is 33.7 Å². The van der Waals surface area contributed by atoms with Gasteiger partial charge in [-0.2, -0.15) is 0 Å². The molecule has 1 aromatic rings. The van der Waals surface area contributed by atoms with Crippen LogP contribution in [0.2, 0.25) is 0 Å². The van der Waals surface area contributed by atoms with Gasteiger partial charge in [0.05, 0.1) is 12.6 Å². The Balaban J connectivity index is 3.19. The molecule has 0 amide bonds. The van der Waals surface area contributed by atoms with Crippen LogP contribution in [-0.4, -0.2) is 15.8 Å². The van der Waals surface area contributed by atoms with Gasteiger partial charge < -0.3 is 15.4 Å². The Labute approximate surface area is 83.0 Å². The summed E-state index contributed by atoms with van der Waals surface area (Å²) < 4.78 is 1.55. The molecule has 0 aliphatic rings. The van der Waals surface area contributed by atoms with Crippen LogP contribution in [0.15, 0.2) is 16.9 Å². The number of aryl methyl sites for hydroxylation is 1. The fraction of sp³-hybridized carbons (Fsp3) is 0.500. The third kappa shape index (κ3) is 2.21. The van der Waals surface area contributed by atoms with Crippen LogP contribution in [-0.2, 0) is 13.1 Å². The van der Waals surface area contributed by atoms with Crippen molar-refractivity contribution < 1.29 is 5.11 Å². The number of nitrogens with zero attached hydrogens (tertiary/aromatic N) is 1. The Kier molecular flexibility index (Phi) is 3.43. The van der Waals surface area contributed by atoms with Crippen molar-refractivity contribution >= 4 is 0 Å². The molecule has 0 bridgehead atoms. The van der Waals surface area contributed by atoms with E-state index in [2.05, 4.69) is 0 Å². The Morgan fingerprint density at radius 3 is 2.71 bits per heavy atom. The van der Waals surface area contributed by atoms with E-state index in [-0.39, 0.29) is 12.1 Å². The van der Waals surface area contributed by atoms with Crippen molar-refractivity contribution in [1.82, 2.24) is 4.57 Å². The quantitative estimate of drug-likeness (QED) is 0.714. The Morgan fingerprint density at radius 1 is 1.57 bits per heavy atom. The van der Waals surface area contributed by atoms with Crippen molar-refractivity contribution in [2.24, 2.45) is 5.73 Å². The lowest BCUT2D eigenvalue weighted by Gasteiger charge is -2.12. The van der Waals surface area contributed by atoms with Crippen LogP contribution in [0.3, 0.4) is 0 Å². The lowest BCUT2D eigenvalue weighted by Crippen LogP contribution is -2.30. The van der Waals surface area contributed by atoms with Gasteiger partial charge in [0.15, 0.2) is 0 Å². The lowest BCUT2D eigenvalue weighted by atomic mass is 10.2. The van der Waals surface area contributed by atoms with Gasteiger partial charge >= 0.3 is 0 Å². The first-order valence-corrected chi connectivity index (χ1v) is 4.63. The molecule has 1 heterocycles. The number of nitrogens with two attached hydrogens (primary N) is 1. The van der Waals surface area contributed by atoms with Gasteiger partial charge in [-0.15, -0.1) is 0 Å². The summed E-state index contributed by atoms with van der Waals surface area (Å²) >= 11 is 0. The molecule has 1 atom stereocenters. The zero-order valence-corrected chi connectivity index (χ0v) is 8.53. The zero-order valence-electron chi connectivity index (χ0n) is 8.53. The van der Waals surface area contributed by atoms with Gasteiger partial charge in [-0.1, -0.05) is 6.07 Å². The summed E-state index contributed by atoms with van der Waals surface area (Å²) in [5.41, 5.74) is 6.74. The minimum Gasteiger partial charge on any atom is -0.392 e. The van der Waals surface area contributed by atoms with Gasteiger partial charge in [0, 0.05) is 17.8 Å². The second-order valence-corrected chi connectivity index (χ2v) is 3.47. The van der Waals surface area contributed by atoms with E-state index in [0.717, 1.165) is 5.69 Å². The number of rotatable bonds is 3. The monoisotopic (exact) mass is 196 g/mol. The summed E-state index contributed by atoms with van der Waals surface area (Å²) in [5.74, 6) is 0. The summed E-state index contributed by atoms with van der Waals surface area (Å²) in [4.78, 5) is 11.7. The summed E-state index contributed by atoms with van der Waals surface area (Å²) in [7, 11) is 0. The van der Waals surface area contributed by atoms with Crippen molar-refractivity contribution in [2.45, 2.75) is 33.0 Å². The van der Waals surface area contributed by atoms with Crippen LogP contribution < -0.4 is 11.3 Å². The van der Waals surface area contributed by atoms with E-state index in [0.29, 0.717) is 12.1 Å². The van der Waals surface area contributed by atoms with Gasteiger partial charge in [-0.05, 0) is 19.9 Å². The molecule has 0 aromatic carbocycles. The minimum atomic E-state index is -0.528. The number of hydrogen-bond donors (Lipinski definition) is 2. The first-order chi connectivity index (χ1) is 6.56. The fourth-order valence-corrected chi connectivity index (χ4v) is 1.36. The van der Waals surface area contributed by atoms with Crippen molar-refractivity contribution in [3.63, 3.8) is 0 Å². The molecule has 1 unspecified atom stereocenters. The second kappa shape index (κ2) is 4.39. The second-order valence-electron chi connectivity index (χ2n) is 3.47. The highest BCUT2D eigenvalue weighted by atomic mass is 16.3. The topological polar surface area (TPSA) is 68.2 Å². The standard InChI is InChI=1S/C10H16N2O2/c1-7-3-4-9(5-11)10(14)12(7)6-8(2)13/h3-4,8,13H,5-6,11H2,1-2H3. The summed E-state index contributed by atoms with van der Waals surface area (Å²) in [6.45, 7) is 4.04. The molecule has 0 radical (unpaired) electrons. The number of aliphatic hydroxyl groups is 1. The van der Waals surface area contributed by atoms with Gasteiger partial charge in [0.2, 0.25) is 0 Å². The average Bonchev–Trinajstić information content (AvgIpc) is 2.12. The normalized spacial score (nSPS) is 12.9. The third-order valence-electron chi connectivity index (χ3n) is 2.14. The van der Waals surface area contributed by atoms with Crippen LogP contribution in [0, 0.1) is 6.92 Å². The number of pyridine rings is 1. The highest BCUT2D eigenvalue weighted by molar-refractivity contribution is 5.15. The maximum absolute atomic E-state index is 11.7. The maximum atomic E-state index is 11.7. The molecule has 0 fully saturated rings. The number of aliphatic hydroxyl groups excluding tert-OH is 1.